The number of aromatic nitrogens is 1. The van der Waals surface area contributed by atoms with Crippen molar-refractivity contribution in [1.29, 1.82) is 0 Å². The molecule has 0 aliphatic carbocycles. The molecule has 3 aliphatic rings. The van der Waals surface area contributed by atoms with Gasteiger partial charge in [-0.25, -0.2) is 0 Å². The van der Waals surface area contributed by atoms with Crippen LogP contribution < -0.4 is 26.4 Å². The summed E-state index contributed by atoms with van der Waals surface area (Å²) in [6, 6.07) is 45.5. The Morgan fingerprint density at radius 3 is 1.67 bits per heavy atom. The predicted molar refractivity (Wildman–Crippen MR) is 305 cm³/mol. The topological polar surface area (TPSA) is 24.6 Å². The summed E-state index contributed by atoms with van der Waals surface area (Å²) in [6.45, 7) is 35.1. The van der Waals surface area contributed by atoms with Crippen molar-refractivity contribution in [3.05, 3.63) is 143 Å². The minimum absolute atomic E-state index is 0.00126. The molecule has 3 aliphatic heterocycles. The Morgan fingerprint density at radius 1 is 0.429 bits per heavy atom. The molecule has 350 valence electrons. The maximum atomic E-state index is 7.53. The summed E-state index contributed by atoms with van der Waals surface area (Å²) < 4.78 is 12.8. The third kappa shape index (κ3) is 6.07. The minimum atomic E-state index is -0.175. The van der Waals surface area contributed by atoms with Crippen LogP contribution in [0, 0.1) is 0 Å². The third-order valence-corrected chi connectivity index (χ3v) is 17.2. The first-order valence-electron chi connectivity index (χ1n) is 25.5. The molecule has 3 aromatic heterocycles. The van der Waals surface area contributed by atoms with Crippen LogP contribution in [0.1, 0.15) is 132 Å². The molecule has 7 aromatic carbocycles. The van der Waals surface area contributed by atoms with Crippen molar-refractivity contribution in [2.75, 3.05) is 9.80 Å². The van der Waals surface area contributed by atoms with Crippen LogP contribution in [0.4, 0.5) is 34.1 Å². The van der Waals surface area contributed by atoms with Crippen LogP contribution in [0.15, 0.2) is 120 Å². The first-order valence-corrected chi connectivity index (χ1v) is 26.3. The first kappa shape index (κ1) is 43.8. The third-order valence-electron chi connectivity index (χ3n) is 16.0. The normalized spacial score (nSPS) is 14.7. The zero-order valence-electron chi connectivity index (χ0n) is 43.7. The molecular formula is C64H64BN3OS. The molecule has 13 rings (SSSR count). The van der Waals surface area contributed by atoms with E-state index in [4.69, 9.17) is 4.42 Å². The van der Waals surface area contributed by atoms with Gasteiger partial charge in [-0.05, 0) is 145 Å². The Bertz CT molecular complexity index is 3940. The fourth-order valence-electron chi connectivity index (χ4n) is 11.9. The molecule has 6 heterocycles. The highest BCUT2D eigenvalue weighted by atomic mass is 32.1. The smallest absolute Gasteiger partial charge is 0.297 e. The van der Waals surface area contributed by atoms with Gasteiger partial charge in [-0.3, -0.25) is 0 Å². The van der Waals surface area contributed by atoms with Gasteiger partial charge in [0.15, 0.2) is 0 Å². The largest absolute Gasteiger partial charge is 0.468 e. The number of furan rings is 1. The highest BCUT2D eigenvalue weighted by Gasteiger charge is 2.50. The van der Waals surface area contributed by atoms with E-state index in [1.165, 1.54) is 109 Å². The summed E-state index contributed by atoms with van der Waals surface area (Å²) >= 11 is 1.88. The lowest BCUT2D eigenvalue weighted by molar-refractivity contribution is 0.589. The van der Waals surface area contributed by atoms with Crippen molar-refractivity contribution < 1.29 is 4.42 Å². The number of hydrogen-bond donors (Lipinski definition) is 0. The van der Waals surface area contributed by atoms with E-state index < -0.39 is 0 Å². The average molecular weight is 934 g/mol. The standard InChI is InChI=1S/C64H64BN3OS/c1-60(2,3)35-20-23-47-42(26-35)44-28-37(62(7,8)9)32-50-56(44)67(47)51-33-38(63(10,11)12)29-46-58(51)68(50)49-31-39(64(13,14)15)30-48-55(49)65(46)59-57(45-27-36(61(4,5)6)21-24-52(45)69-59)66(48)40-22-25-54-43(34-40)41-18-16-17-19-53(41)70-54/h16-34H,1-15H3. The zero-order valence-corrected chi connectivity index (χ0v) is 44.5. The number of hydrogen-bond acceptors (Lipinski definition) is 4. The van der Waals surface area contributed by atoms with Gasteiger partial charge < -0.3 is 18.8 Å². The first-order chi connectivity index (χ1) is 32.9. The summed E-state index contributed by atoms with van der Waals surface area (Å²) in [7, 11) is 0. The molecule has 0 bridgehead atoms. The van der Waals surface area contributed by atoms with Gasteiger partial charge >= 0.3 is 0 Å². The van der Waals surface area contributed by atoms with Gasteiger partial charge in [-0.1, -0.05) is 140 Å². The van der Waals surface area contributed by atoms with E-state index in [1.807, 2.05) is 11.3 Å². The van der Waals surface area contributed by atoms with Crippen LogP contribution in [0.3, 0.4) is 0 Å². The van der Waals surface area contributed by atoms with Crippen molar-refractivity contribution in [2.24, 2.45) is 0 Å². The number of fused-ring (bicyclic) bond motifs is 14. The van der Waals surface area contributed by atoms with Crippen LogP contribution in [0.25, 0.3) is 58.6 Å². The Labute approximate surface area is 418 Å². The lowest BCUT2D eigenvalue weighted by Gasteiger charge is -2.46. The summed E-state index contributed by atoms with van der Waals surface area (Å²) in [5.41, 5.74) is 21.7. The van der Waals surface area contributed by atoms with Crippen molar-refractivity contribution in [1.82, 2.24) is 4.57 Å². The highest BCUT2D eigenvalue weighted by molar-refractivity contribution is 7.25. The van der Waals surface area contributed by atoms with Gasteiger partial charge in [-0.2, -0.15) is 0 Å². The van der Waals surface area contributed by atoms with Crippen LogP contribution >= 0.6 is 11.3 Å². The monoisotopic (exact) mass is 933 g/mol. The van der Waals surface area contributed by atoms with Crippen molar-refractivity contribution in [3.8, 4) is 5.69 Å². The molecule has 0 N–H and O–H groups in total. The van der Waals surface area contributed by atoms with E-state index in [1.54, 1.807) is 0 Å². The molecule has 0 radical (unpaired) electrons. The second-order valence-corrected chi connectivity index (χ2v) is 27.1. The Balaban J connectivity index is 1.23. The Morgan fingerprint density at radius 2 is 0.986 bits per heavy atom. The van der Waals surface area contributed by atoms with Crippen molar-refractivity contribution >= 4 is 122 Å². The molecule has 0 saturated carbocycles. The van der Waals surface area contributed by atoms with E-state index in [0.29, 0.717) is 0 Å². The van der Waals surface area contributed by atoms with Crippen LogP contribution in [-0.4, -0.2) is 11.3 Å². The van der Waals surface area contributed by atoms with Gasteiger partial charge in [0.2, 0.25) is 0 Å². The average Bonchev–Trinajstić information content (AvgIpc) is 3.96. The minimum Gasteiger partial charge on any atom is -0.468 e. The van der Waals surface area contributed by atoms with Crippen LogP contribution in [-0.2, 0) is 27.1 Å². The molecular weight excluding hydrogens is 870 g/mol. The SMILES string of the molecule is CC(C)(C)c1cc2c3c(c1)N1c4c(cc(C(C)(C)C)cc4-n4c5ccc(C(C)(C)C)cc5c5cc(C(C)(C)C)cc1c54)B3c1oc3ccc(C(C)(C)C)cc3c1N2c1ccc2sc3ccccc3c2c1. The number of anilines is 6. The molecule has 10 aromatic rings. The second kappa shape index (κ2) is 13.8. The van der Waals surface area contributed by atoms with Gasteiger partial charge in [0, 0.05) is 53.4 Å². The lowest BCUT2D eigenvalue weighted by atomic mass is 9.35. The number of thiophene rings is 1. The van der Waals surface area contributed by atoms with E-state index >= 15 is 0 Å². The Hall–Kier alpha value is -6.24. The number of benzene rings is 7. The second-order valence-electron chi connectivity index (χ2n) is 26.0. The highest BCUT2D eigenvalue weighted by Crippen LogP contribution is 2.56. The summed E-state index contributed by atoms with van der Waals surface area (Å²) in [5.74, 6) is 0. The fraction of sp³-hybridized carbons (Fsp3) is 0.312. The van der Waals surface area contributed by atoms with Gasteiger partial charge in [0.1, 0.15) is 5.58 Å². The van der Waals surface area contributed by atoms with Crippen molar-refractivity contribution in [3.63, 3.8) is 0 Å². The van der Waals surface area contributed by atoms with Gasteiger partial charge in [0.25, 0.3) is 6.71 Å². The molecule has 0 spiro atoms. The van der Waals surface area contributed by atoms with Gasteiger partial charge in [-0.15, -0.1) is 11.3 Å². The van der Waals surface area contributed by atoms with E-state index in [2.05, 4.69) is 233 Å². The molecule has 0 atom stereocenters. The molecule has 0 unspecified atom stereocenters. The maximum absolute atomic E-state index is 7.53. The number of rotatable bonds is 1. The molecule has 6 heteroatoms. The predicted octanol–water partition coefficient (Wildman–Crippen LogP) is 16.8. The number of nitrogens with zero attached hydrogens (tertiary/aromatic N) is 3. The fourth-order valence-corrected chi connectivity index (χ4v) is 13.0. The van der Waals surface area contributed by atoms with Crippen LogP contribution in [0.2, 0.25) is 0 Å². The Kier molecular flexibility index (Phi) is 8.62. The summed E-state index contributed by atoms with van der Waals surface area (Å²) in [6.07, 6.45) is 0. The van der Waals surface area contributed by atoms with Gasteiger partial charge in [0.05, 0.1) is 39.4 Å². The molecule has 70 heavy (non-hydrogen) atoms. The summed E-state index contributed by atoms with van der Waals surface area (Å²) in [4.78, 5) is 5.29. The quantitative estimate of drug-likeness (QED) is 0.153. The maximum Gasteiger partial charge on any atom is 0.297 e. The molecule has 0 amide bonds. The van der Waals surface area contributed by atoms with E-state index in [-0.39, 0.29) is 33.8 Å². The van der Waals surface area contributed by atoms with Crippen molar-refractivity contribution in [2.45, 2.75) is 131 Å². The summed E-state index contributed by atoms with van der Waals surface area (Å²) in [5, 5.41) is 6.37. The van der Waals surface area contributed by atoms with Crippen LogP contribution in [0.5, 0.6) is 0 Å². The molecule has 0 fully saturated rings. The zero-order chi connectivity index (χ0) is 49.1. The van der Waals surface area contributed by atoms with E-state index in [0.717, 1.165) is 28.0 Å². The lowest BCUT2D eigenvalue weighted by Crippen LogP contribution is -2.61. The molecule has 4 nitrogen and oxygen atoms in total. The molecule has 0 saturated heterocycles. The van der Waals surface area contributed by atoms with E-state index in [9.17, 15) is 0 Å².